The van der Waals surface area contributed by atoms with Gasteiger partial charge in [-0.15, -0.1) is 0 Å². The van der Waals surface area contributed by atoms with Crippen LogP contribution in [0.4, 0.5) is 0 Å². The van der Waals surface area contributed by atoms with Crippen LogP contribution in [0.3, 0.4) is 0 Å². The van der Waals surface area contributed by atoms with Gasteiger partial charge in [-0.2, -0.15) is 5.26 Å². The number of nitrogens with one attached hydrogen (secondary N) is 1. The number of hydrogen-bond donors (Lipinski definition) is 3. The molecule has 0 saturated carbocycles. The van der Waals surface area contributed by atoms with Crippen molar-refractivity contribution in [2.45, 2.75) is 70.3 Å². The topological polar surface area (TPSA) is 107 Å². The van der Waals surface area contributed by atoms with Crippen LogP contribution < -0.4 is 14.6 Å². The zero-order valence-electron chi connectivity index (χ0n) is 25.4. The van der Waals surface area contributed by atoms with Crippen molar-refractivity contribution in [1.82, 2.24) is 9.99 Å². The minimum absolute atomic E-state index is 0.0971. The van der Waals surface area contributed by atoms with Gasteiger partial charge in [0.25, 0.3) is 8.53 Å². The standard InChI is InChI=1S/C33H44N3O5P/c1-24(2)36(25(3)4)32(20-22-34)35-42(38)41-23-21-31(37)33(26-10-8-7-9-11-26,27-12-16-29(39-5)17-13-27)28-14-18-30(40-6)19-15-28/h7-19,24-25,31-32,35,37-38H,20-21,23H2,1-6H3. The molecule has 3 aromatic rings. The Morgan fingerprint density at radius 2 is 1.31 bits per heavy atom. The van der Waals surface area contributed by atoms with Crippen LogP contribution in [-0.4, -0.2) is 60.1 Å². The lowest BCUT2D eigenvalue weighted by molar-refractivity contribution is 0.0884. The van der Waals surface area contributed by atoms with Gasteiger partial charge < -0.3 is 24.0 Å². The highest BCUT2D eigenvalue weighted by Gasteiger charge is 2.43. The highest BCUT2D eigenvalue weighted by Crippen LogP contribution is 2.44. The highest BCUT2D eigenvalue weighted by atomic mass is 31.2. The van der Waals surface area contributed by atoms with Gasteiger partial charge in [0.1, 0.15) is 11.5 Å². The van der Waals surface area contributed by atoms with Crippen LogP contribution in [0, 0.1) is 11.3 Å². The second-order valence-electron chi connectivity index (χ2n) is 10.7. The Labute approximate surface area is 251 Å². The molecule has 3 N–H and O–H groups in total. The Bertz CT molecular complexity index is 1190. The van der Waals surface area contributed by atoms with E-state index in [0.717, 1.165) is 16.7 Å². The molecule has 0 heterocycles. The molecule has 0 radical (unpaired) electrons. The third-order valence-corrected chi connectivity index (χ3v) is 8.47. The summed E-state index contributed by atoms with van der Waals surface area (Å²) in [7, 11) is 1.21. The van der Waals surface area contributed by atoms with Gasteiger partial charge in [-0.3, -0.25) is 4.90 Å². The number of nitriles is 1. The van der Waals surface area contributed by atoms with Crippen LogP contribution in [0.2, 0.25) is 0 Å². The zero-order valence-corrected chi connectivity index (χ0v) is 26.3. The van der Waals surface area contributed by atoms with E-state index in [4.69, 9.17) is 14.0 Å². The van der Waals surface area contributed by atoms with Crippen LogP contribution in [-0.2, 0) is 9.94 Å². The Balaban J connectivity index is 1.93. The monoisotopic (exact) mass is 593 g/mol. The van der Waals surface area contributed by atoms with Gasteiger partial charge in [0, 0.05) is 12.1 Å². The smallest absolute Gasteiger partial charge is 0.254 e. The van der Waals surface area contributed by atoms with E-state index >= 15 is 0 Å². The maximum atomic E-state index is 12.1. The van der Waals surface area contributed by atoms with Gasteiger partial charge in [-0.05, 0) is 75.1 Å². The average Bonchev–Trinajstić information content (AvgIpc) is 2.98. The molecule has 0 saturated heterocycles. The average molecular weight is 594 g/mol. The van der Waals surface area contributed by atoms with Crippen molar-refractivity contribution < 1.29 is 24.0 Å². The van der Waals surface area contributed by atoms with Gasteiger partial charge in [0.2, 0.25) is 0 Å². The lowest BCUT2D eigenvalue weighted by atomic mass is 9.65. The molecule has 226 valence electrons. The first kappa shape index (κ1) is 33.5. The molecule has 3 rings (SSSR count). The lowest BCUT2D eigenvalue weighted by Gasteiger charge is -2.40. The zero-order chi connectivity index (χ0) is 30.7. The molecule has 0 amide bonds. The molecule has 0 aliphatic carbocycles. The summed E-state index contributed by atoms with van der Waals surface area (Å²) in [5, 5.41) is 24.6. The molecule has 0 fully saturated rings. The fourth-order valence-corrected chi connectivity index (χ4v) is 6.57. The molecule has 3 unspecified atom stereocenters. The van der Waals surface area contributed by atoms with Crippen molar-refractivity contribution in [1.29, 1.82) is 5.26 Å². The minimum Gasteiger partial charge on any atom is -0.497 e. The number of aliphatic hydroxyl groups is 1. The Hall–Kier alpha value is -3.02. The van der Waals surface area contributed by atoms with Crippen LogP contribution >= 0.6 is 8.53 Å². The van der Waals surface area contributed by atoms with E-state index in [0.29, 0.717) is 11.5 Å². The predicted molar refractivity (Wildman–Crippen MR) is 167 cm³/mol. The summed E-state index contributed by atoms with van der Waals surface area (Å²) in [6.07, 6.45) is -0.858. The Morgan fingerprint density at radius 1 is 0.833 bits per heavy atom. The number of aliphatic hydroxyl groups excluding tert-OH is 1. The summed E-state index contributed by atoms with van der Waals surface area (Å²) in [5.41, 5.74) is 1.73. The van der Waals surface area contributed by atoms with Crippen molar-refractivity contribution in [3.8, 4) is 17.6 Å². The number of nitrogens with zero attached hydrogens (tertiary/aromatic N) is 2. The van der Waals surface area contributed by atoms with E-state index in [1.807, 2.05) is 78.9 Å². The van der Waals surface area contributed by atoms with Crippen molar-refractivity contribution in [3.05, 3.63) is 95.6 Å². The maximum absolute atomic E-state index is 12.1. The number of benzene rings is 3. The predicted octanol–water partition coefficient (Wildman–Crippen LogP) is 5.97. The van der Waals surface area contributed by atoms with Crippen LogP contribution in [0.15, 0.2) is 78.9 Å². The van der Waals surface area contributed by atoms with Gasteiger partial charge in [0.15, 0.2) is 0 Å². The maximum Gasteiger partial charge on any atom is 0.254 e. The molecule has 3 aromatic carbocycles. The first-order valence-electron chi connectivity index (χ1n) is 14.2. The third kappa shape index (κ3) is 7.87. The minimum atomic E-state index is -2.04. The summed E-state index contributed by atoms with van der Waals surface area (Å²) in [5.74, 6) is 1.43. The molecular weight excluding hydrogens is 549 g/mol. The van der Waals surface area contributed by atoms with Crippen LogP contribution in [0.25, 0.3) is 0 Å². The van der Waals surface area contributed by atoms with E-state index < -0.39 is 20.0 Å². The Morgan fingerprint density at radius 3 is 1.74 bits per heavy atom. The molecule has 0 aliphatic rings. The molecule has 0 aromatic heterocycles. The molecule has 0 spiro atoms. The van der Waals surface area contributed by atoms with Crippen molar-refractivity contribution in [3.63, 3.8) is 0 Å². The van der Waals surface area contributed by atoms with Crippen molar-refractivity contribution in [2.75, 3.05) is 20.8 Å². The second kappa shape index (κ2) is 16.0. The van der Waals surface area contributed by atoms with Crippen molar-refractivity contribution >= 4 is 8.53 Å². The summed E-state index contributed by atoms with van der Waals surface area (Å²) in [6, 6.07) is 27.9. The number of hydrogen-bond acceptors (Lipinski definition) is 8. The van der Waals surface area contributed by atoms with E-state index in [1.165, 1.54) is 0 Å². The highest BCUT2D eigenvalue weighted by molar-refractivity contribution is 7.43. The summed E-state index contributed by atoms with van der Waals surface area (Å²) >= 11 is 0. The number of methoxy groups -OCH3 is 2. The molecule has 8 nitrogen and oxygen atoms in total. The summed E-state index contributed by atoms with van der Waals surface area (Å²) in [6.45, 7) is 8.34. The van der Waals surface area contributed by atoms with Gasteiger partial charge in [0.05, 0.1) is 51.0 Å². The van der Waals surface area contributed by atoms with E-state index in [-0.39, 0.29) is 37.7 Å². The number of ether oxygens (including phenoxy) is 2. The fraction of sp³-hybridized carbons (Fsp3) is 0.424. The number of rotatable bonds is 16. The summed E-state index contributed by atoms with van der Waals surface area (Å²) < 4.78 is 16.7. The molecule has 42 heavy (non-hydrogen) atoms. The fourth-order valence-electron chi connectivity index (χ4n) is 5.74. The molecule has 0 aliphatic heterocycles. The van der Waals surface area contributed by atoms with Gasteiger partial charge in [-0.1, -0.05) is 54.6 Å². The first-order chi connectivity index (χ1) is 20.2. The molecule has 9 heteroatoms. The Kier molecular flexibility index (Phi) is 12.8. The quantitative estimate of drug-likeness (QED) is 0.106. The van der Waals surface area contributed by atoms with E-state index in [2.05, 4.69) is 43.8 Å². The van der Waals surface area contributed by atoms with E-state index in [1.54, 1.807) is 14.2 Å². The van der Waals surface area contributed by atoms with E-state index in [9.17, 15) is 15.3 Å². The van der Waals surface area contributed by atoms with Gasteiger partial charge in [-0.25, -0.2) is 5.09 Å². The SMILES string of the molecule is COc1ccc(C(c2ccccc2)(c2ccc(OC)cc2)C(O)CCOP(O)NC(CC#N)N(C(C)C)C(C)C)cc1. The lowest BCUT2D eigenvalue weighted by Crippen LogP contribution is -2.50. The summed E-state index contributed by atoms with van der Waals surface area (Å²) in [4.78, 5) is 13.0. The first-order valence-corrected chi connectivity index (χ1v) is 15.4. The van der Waals surface area contributed by atoms with Crippen LogP contribution in [0.1, 0.15) is 57.2 Å². The molecule has 0 bridgehead atoms. The van der Waals surface area contributed by atoms with Gasteiger partial charge >= 0.3 is 0 Å². The molecule has 3 atom stereocenters. The largest absolute Gasteiger partial charge is 0.497 e. The third-order valence-electron chi connectivity index (χ3n) is 7.52. The second-order valence-corrected chi connectivity index (χ2v) is 11.7. The molecular formula is C33H44N3O5P. The normalized spacial score (nSPS) is 14.0. The van der Waals surface area contributed by atoms with Crippen LogP contribution in [0.5, 0.6) is 11.5 Å². The van der Waals surface area contributed by atoms with Crippen molar-refractivity contribution in [2.24, 2.45) is 0 Å².